The van der Waals surface area contributed by atoms with Crippen molar-refractivity contribution in [3.63, 3.8) is 0 Å². The van der Waals surface area contributed by atoms with Gasteiger partial charge in [0, 0.05) is 13.2 Å². The maximum absolute atomic E-state index is 11.3. The third kappa shape index (κ3) is 3.28. The van der Waals surface area contributed by atoms with Gasteiger partial charge in [0.25, 0.3) is 5.82 Å². The van der Waals surface area contributed by atoms with Crippen molar-refractivity contribution in [1.29, 1.82) is 0 Å². The number of tetrazole rings is 1. The number of hydrogen-bond donors (Lipinski definition) is 1. The zero-order valence-electron chi connectivity index (χ0n) is 8.59. The molecule has 1 rings (SSSR count). The summed E-state index contributed by atoms with van der Waals surface area (Å²) in [4.78, 5) is 11.3. The summed E-state index contributed by atoms with van der Waals surface area (Å²) in [5, 5.41) is 19.3. The highest BCUT2D eigenvalue weighted by Crippen LogP contribution is 1.99. The van der Waals surface area contributed by atoms with Crippen LogP contribution in [0.5, 0.6) is 0 Å². The van der Waals surface area contributed by atoms with Crippen molar-refractivity contribution >= 4 is 5.97 Å². The van der Waals surface area contributed by atoms with E-state index in [9.17, 15) is 4.79 Å². The highest BCUT2D eigenvalue weighted by molar-refractivity contribution is 5.85. The van der Waals surface area contributed by atoms with Crippen LogP contribution in [-0.2, 0) is 11.3 Å². The Bertz CT molecular complexity index is 313. The molecule has 15 heavy (non-hydrogen) atoms. The minimum absolute atomic E-state index is 0.106. The third-order valence-electron chi connectivity index (χ3n) is 1.77. The molecule has 1 heterocycles. The predicted molar refractivity (Wildman–Crippen MR) is 50.1 cm³/mol. The van der Waals surface area contributed by atoms with Crippen molar-refractivity contribution in [2.24, 2.45) is 0 Å². The van der Waals surface area contributed by atoms with Gasteiger partial charge in [0.1, 0.15) is 0 Å². The van der Waals surface area contributed by atoms with Gasteiger partial charge in [-0.2, -0.15) is 0 Å². The van der Waals surface area contributed by atoms with Crippen LogP contribution < -0.4 is 0 Å². The average Bonchev–Trinajstić information content (AvgIpc) is 2.67. The van der Waals surface area contributed by atoms with Gasteiger partial charge in [-0.05, 0) is 30.2 Å². The SMILES string of the molecule is CCOC(=O)c1nnnn1CCCCO. The third-order valence-corrected chi connectivity index (χ3v) is 1.77. The molecule has 0 aliphatic carbocycles. The second-order valence-electron chi connectivity index (χ2n) is 2.88. The number of aromatic nitrogens is 4. The Morgan fingerprint density at radius 3 is 3.00 bits per heavy atom. The number of ether oxygens (including phenoxy) is 1. The van der Waals surface area contributed by atoms with E-state index in [0.29, 0.717) is 26.0 Å². The fraction of sp³-hybridized carbons (Fsp3) is 0.750. The fourth-order valence-electron chi connectivity index (χ4n) is 1.07. The lowest BCUT2D eigenvalue weighted by Crippen LogP contribution is -2.14. The summed E-state index contributed by atoms with van der Waals surface area (Å²) in [6.45, 7) is 2.64. The molecule has 0 saturated heterocycles. The van der Waals surface area contributed by atoms with Gasteiger partial charge in [-0.1, -0.05) is 0 Å². The molecule has 1 aromatic rings. The molecule has 0 unspecified atom stereocenters. The standard InChI is InChI=1S/C8H14N4O3/c1-2-15-8(14)7-9-10-11-12(7)5-3-4-6-13/h13H,2-6H2,1H3. The highest BCUT2D eigenvalue weighted by Gasteiger charge is 2.15. The van der Waals surface area contributed by atoms with E-state index in [4.69, 9.17) is 9.84 Å². The first-order valence-electron chi connectivity index (χ1n) is 4.83. The van der Waals surface area contributed by atoms with Crippen LogP contribution >= 0.6 is 0 Å². The van der Waals surface area contributed by atoms with Gasteiger partial charge in [-0.25, -0.2) is 9.48 Å². The van der Waals surface area contributed by atoms with E-state index >= 15 is 0 Å². The first-order chi connectivity index (χ1) is 7.29. The van der Waals surface area contributed by atoms with E-state index in [1.165, 1.54) is 4.68 Å². The lowest BCUT2D eigenvalue weighted by atomic mass is 10.3. The summed E-state index contributed by atoms with van der Waals surface area (Å²) in [6, 6.07) is 0. The summed E-state index contributed by atoms with van der Waals surface area (Å²) in [5.41, 5.74) is 0. The molecule has 7 nitrogen and oxygen atoms in total. The van der Waals surface area contributed by atoms with Crippen LogP contribution in [0.25, 0.3) is 0 Å². The number of carbonyl (C=O) groups is 1. The molecule has 0 aromatic carbocycles. The van der Waals surface area contributed by atoms with E-state index in [2.05, 4.69) is 15.5 Å². The number of esters is 1. The number of aryl methyl sites for hydroxylation is 1. The summed E-state index contributed by atoms with van der Waals surface area (Å²) in [5.74, 6) is -0.415. The Morgan fingerprint density at radius 1 is 1.53 bits per heavy atom. The molecule has 0 saturated carbocycles. The zero-order chi connectivity index (χ0) is 11.1. The van der Waals surface area contributed by atoms with Gasteiger partial charge < -0.3 is 9.84 Å². The summed E-state index contributed by atoms with van der Waals surface area (Å²) in [6.07, 6.45) is 1.37. The topological polar surface area (TPSA) is 90.1 Å². The van der Waals surface area contributed by atoms with Crippen molar-refractivity contribution in [2.75, 3.05) is 13.2 Å². The van der Waals surface area contributed by atoms with Crippen LogP contribution in [0.1, 0.15) is 30.4 Å². The first-order valence-corrected chi connectivity index (χ1v) is 4.83. The Balaban J connectivity index is 2.56. The minimum atomic E-state index is -0.522. The van der Waals surface area contributed by atoms with Crippen molar-refractivity contribution in [2.45, 2.75) is 26.3 Å². The number of nitrogens with zero attached hydrogens (tertiary/aromatic N) is 4. The van der Waals surface area contributed by atoms with Crippen LogP contribution in [0.2, 0.25) is 0 Å². The lowest BCUT2D eigenvalue weighted by Gasteiger charge is -2.02. The number of rotatable bonds is 6. The zero-order valence-corrected chi connectivity index (χ0v) is 8.59. The molecule has 7 heteroatoms. The molecule has 1 N–H and O–H groups in total. The molecule has 0 amide bonds. The minimum Gasteiger partial charge on any atom is -0.460 e. The van der Waals surface area contributed by atoms with Crippen LogP contribution in [0.4, 0.5) is 0 Å². The Kier molecular flexibility index (Phi) is 4.69. The molecular formula is C8H14N4O3. The molecular weight excluding hydrogens is 200 g/mol. The molecule has 0 fully saturated rings. The molecule has 0 spiro atoms. The molecule has 84 valence electrons. The largest absolute Gasteiger partial charge is 0.460 e. The second kappa shape index (κ2) is 6.07. The number of aliphatic hydroxyl groups is 1. The molecule has 0 radical (unpaired) electrons. The number of unbranched alkanes of at least 4 members (excludes halogenated alkanes) is 1. The van der Waals surface area contributed by atoms with Crippen molar-refractivity contribution in [3.8, 4) is 0 Å². The van der Waals surface area contributed by atoms with Gasteiger partial charge >= 0.3 is 5.97 Å². The van der Waals surface area contributed by atoms with E-state index < -0.39 is 5.97 Å². The summed E-state index contributed by atoms with van der Waals surface area (Å²) < 4.78 is 6.16. The number of carbonyl (C=O) groups excluding carboxylic acids is 1. The first kappa shape index (κ1) is 11.6. The Labute approximate surface area is 87.0 Å². The van der Waals surface area contributed by atoms with Gasteiger partial charge in [-0.15, -0.1) is 5.10 Å². The number of aliphatic hydroxyl groups excluding tert-OH is 1. The Hall–Kier alpha value is -1.50. The van der Waals surface area contributed by atoms with Crippen molar-refractivity contribution < 1.29 is 14.6 Å². The molecule has 0 bridgehead atoms. The normalized spacial score (nSPS) is 10.3. The lowest BCUT2D eigenvalue weighted by molar-refractivity contribution is 0.0504. The van der Waals surface area contributed by atoms with Crippen LogP contribution in [0.15, 0.2) is 0 Å². The van der Waals surface area contributed by atoms with Gasteiger partial charge in [0.05, 0.1) is 6.61 Å². The van der Waals surface area contributed by atoms with Gasteiger partial charge in [-0.3, -0.25) is 0 Å². The van der Waals surface area contributed by atoms with E-state index in [0.717, 1.165) is 0 Å². The maximum Gasteiger partial charge on any atom is 0.378 e. The van der Waals surface area contributed by atoms with E-state index in [-0.39, 0.29) is 12.4 Å². The van der Waals surface area contributed by atoms with Gasteiger partial charge in [0.15, 0.2) is 0 Å². The molecule has 0 atom stereocenters. The smallest absolute Gasteiger partial charge is 0.378 e. The average molecular weight is 214 g/mol. The van der Waals surface area contributed by atoms with E-state index in [1.807, 2.05) is 0 Å². The summed E-state index contributed by atoms with van der Waals surface area (Å²) >= 11 is 0. The Morgan fingerprint density at radius 2 is 2.33 bits per heavy atom. The molecule has 1 aromatic heterocycles. The quantitative estimate of drug-likeness (QED) is 0.513. The number of hydrogen-bond acceptors (Lipinski definition) is 6. The van der Waals surface area contributed by atoms with Crippen LogP contribution in [0, 0.1) is 0 Å². The predicted octanol–water partition coefficient (Wildman–Crippen LogP) is -0.378. The fourth-order valence-corrected chi connectivity index (χ4v) is 1.07. The van der Waals surface area contributed by atoms with E-state index in [1.54, 1.807) is 6.92 Å². The van der Waals surface area contributed by atoms with Crippen LogP contribution in [-0.4, -0.2) is 44.5 Å². The monoisotopic (exact) mass is 214 g/mol. The molecule has 0 aliphatic rings. The maximum atomic E-state index is 11.3. The van der Waals surface area contributed by atoms with Crippen molar-refractivity contribution in [3.05, 3.63) is 5.82 Å². The van der Waals surface area contributed by atoms with Gasteiger partial charge in [0.2, 0.25) is 0 Å². The van der Waals surface area contributed by atoms with Crippen LogP contribution in [0.3, 0.4) is 0 Å². The second-order valence-corrected chi connectivity index (χ2v) is 2.88. The summed E-state index contributed by atoms with van der Waals surface area (Å²) in [7, 11) is 0. The highest BCUT2D eigenvalue weighted by atomic mass is 16.5. The van der Waals surface area contributed by atoms with Crippen molar-refractivity contribution in [1.82, 2.24) is 20.2 Å². The molecule has 0 aliphatic heterocycles.